The average Bonchev–Trinajstić information content (AvgIpc) is 2.69. The molecule has 0 saturated carbocycles. The summed E-state index contributed by atoms with van der Waals surface area (Å²) in [6.07, 6.45) is 6.67. The van der Waals surface area contributed by atoms with Crippen molar-refractivity contribution in [1.82, 2.24) is 9.97 Å². The van der Waals surface area contributed by atoms with Gasteiger partial charge in [-0.25, -0.2) is 9.97 Å². The largest absolute Gasteiger partial charge is 0.382 e. The third-order valence-corrected chi connectivity index (χ3v) is 3.55. The van der Waals surface area contributed by atoms with Crippen molar-refractivity contribution in [3.8, 4) is 0 Å². The molecule has 0 unspecified atom stereocenters. The Labute approximate surface area is 118 Å². The van der Waals surface area contributed by atoms with E-state index in [9.17, 15) is 0 Å². The highest BCUT2D eigenvalue weighted by Gasteiger charge is 2.17. The number of nitrogens with zero attached hydrogens (tertiary/aromatic N) is 3. The van der Waals surface area contributed by atoms with Crippen LogP contribution < -0.4 is 10.6 Å². The molecule has 0 saturated heterocycles. The molecule has 0 atom stereocenters. The molecule has 1 aliphatic heterocycles. The third-order valence-electron chi connectivity index (χ3n) is 3.55. The normalized spacial score (nSPS) is 14.5. The fraction of sp³-hybridized carbons (Fsp3) is 0.267. The van der Waals surface area contributed by atoms with Gasteiger partial charge in [0.1, 0.15) is 11.5 Å². The van der Waals surface area contributed by atoms with Gasteiger partial charge in [0.2, 0.25) is 0 Å². The molecular formula is C15H17N5. The zero-order valence-corrected chi connectivity index (χ0v) is 11.2. The van der Waals surface area contributed by atoms with Crippen molar-refractivity contribution >= 4 is 17.3 Å². The summed E-state index contributed by atoms with van der Waals surface area (Å²) in [4.78, 5) is 10.8. The Kier molecular flexibility index (Phi) is 3.33. The number of nitrogen functional groups attached to an aromatic ring is 1. The standard InChI is InChI=1S/C15H17N5/c16-15(17)12-9-19-14(10-18-12)20-8-4-3-6-11-5-1-2-7-13(11)20/h1-2,5,7,9-10H,3-4,6,8H2,(H3,16,17). The van der Waals surface area contributed by atoms with Gasteiger partial charge in [0, 0.05) is 12.2 Å². The molecule has 0 spiro atoms. The second-order valence-electron chi connectivity index (χ2n) is 4.91. The van der Waals surface area contributed by atoms with E-state index in [2.05, 4.69) is 39.1 Å². The zero-order valence-electron chi connectivity index (χ0n) is 11.2. The number of rotatable bonds is 2. The van der Waals surface area contributed by atoms with Crippen LogP contribution in [0.3, 0.4) is 0 Å². The van der Waals surface area contributed by atoms with Gasteiger partial charge in [-0.1, -0.05) is 18.2 Å². The highest BCUT2D eigenvalue weighted by Crippen LogP contribution is 2.30. The quantitative estimate of drug-likeness (QED) is 0.646. The van der Waals surface area contributed by atoms with Crippen LogP contribution in [0.25, 0.3) is 0 Å². The van der Waals surface area contributed by atoms with Crippen molar-refractivity contribution in [2.45, 2.75) is 19.3 Å². The smallest absolute Gasteiger partial charge is 0.151 e. The molecule has 0 aliphatic carbocycles. The van der Waals surface area contributed by atoms with Crippen LogP contribution in [-0.2, 0) is 6.42 Å². The summed E-state index contributed by atoms with van der Waals surface area (Å²) in [5.41, 5.74) is 8.38. The lowest BCUT2D eigenvalue weighted by atomic mass is 10.1. The van der Waals surface area contributed by atoms with E-state index >= 15 is 0 Å². The molecule has 0 amide bonds. The molecular weight excluding hydrogens is 250 g/mol. The van der Waals surface area contributed by atoms with Gasteiger partial charge < -0.3 is 10.6 Å². The summed E-state index contributed by atoms with van der Waals surface area (Å²) in [6.45, 7) is 0.936. The number of nitrogens with two attached hydrogens (primary N) is 1. The maximum absolute atomic E-state index is 7.36. The molecule has 5 heteroatoms. The third kappa shape index (κ3) is 2.34. The first kappa shape index (κ1) is 12.6. The second kappa shape index (κ2) is 5.28. The lowest BCUT2D eigenvalue weighted by Gasteiger charge is -2.23. The Balaban J connectivity index is 1.98. The van der Waals surface area contributed by atoms with Gasteiger partial charge in [0.25, 0.3) is 0 Å². The molecule has 2 heterocycles. The summed E-state index contributed by atoms with van der Waals surface area (Å²) in [5, 5.41) is 7.36. The Hall–Kier alpha value is -2.43. The molecule has 0 bridgehead atoms. The van der Waals surface area contributed by atoms with Crippen LogP contribution in [-0.4, -0.2) is 22.3 Å². The molecule has 0 fully saturated rings. The van der Waals surface area contributed by atoms with Gasteiger partial charge in [-0.2, -0.15) is 0 Å². The topological polar surface area (TPSA) is 78.9 Å². The van der Waals surface area contributed by atoms with E-state index in [-0.39, 0.29) is 5.84 Å². The van der Waals surface area contributed by atoms with Gasteiger partial charge in [-0.05, 0) is 30.9 Å². The lowest BCUT2D eigenvalue weighted by molar-refractivity contribution is 0.757. The summed E-state index contributed by atoms with van der Waals surface area (Å²) in [7, 11) is 0. The number of aromatic nitrogens is 2. The Morgan fingerprint density at radius 3 is 2.75 bits per heavy atom. The molecule has 1 aromatic carbocycles. The maximum Gasteiger partial charge on any atom is 0.151 e. The minimum absolute atomic E-state index is 0.0553. The SMILES string of the molecule is N=C(N)c1cnc(N2CCCCc3ccccc32)cn1. The van der Waals surface area contributed by atoms with E-state index in [0.29, 0.717) is 5.69 Å². The van der Waals surface area contributed by atoms with Gasteiger partial charge in [-0.3, -0.25) is 5.41 Å². The fourth-order valence-corrected chi connectivity index (χ4v) is 2.53. The summed E-state index contributed by atoms with van der Waals surface area (Å²) in [5.74, 6) is 0.754. The molecule has 2 aromatic rings. The minimum Gasteiger partial charge on any atom is -0.382 e. The van der Waals surface area contributed by atoms with Crippen LogP contribution in [0.2, 0.25) is 0 Å². The Morgan fingerprint density at radius 1 is 1.15 bits per heavy atom. The van der Waals surface area contributed by atoms with E-state index in [1.807, 2.05) is 0 Å². The number of anilines is 2. The van der Waals surface area contributed by atoms with E-state index in [1.54, 1.807) is 12.4 Å². The predicted molar refractivity (Wildman–Crippen MR) is 79.4 cm³/mol. The number of nitrogens with one attached hydrogen (secondary N) is 1. The van der Waals surface area contributed by atoms with Crippen molar-refractivity contribution < 1.29 is 0 Å². The van der Waals surface area contributed by atoms with Crippen LogP contribution in [0, 0.1) is 5.41 Å². The molecule has 20 heavy (non-hydrogen) atoms. The van der Waals surface area contributed by atoms with Crippen LogP contribution in [0.15, 0.2) is 36.7 Å². The number of fused-ring (bicyclic) bond motifs is 1. The van der Waals surface area contributed by atoms with E-state index in [4.69, 9.17) is 11.1 Å². The zero-order chi connectivity index (χ0) is 13.9. The van der Waals surface area contributed by atoms with E-state index < -0.39 is 0 Å². The van der Waals surface area contributed by atoms with Crippen molar-refractivity contribution in [2.24, 2.45) is 5.73 Å². The van der Waals surface area contributed by atoms with Crippen molar-refractivity contribution in [3.63, 3.8) is 0 Å². The van der Waals surface area contributed by atoms with Crippen molar-refractivity contribution in [2.75, 3.05) is 11.4 Å². The summed E-state index contributed by atoms with van der Waals surface area (Å²) >= 11 is 0. The van der Waals surface area contributed by atoms with Crippen LogP contribution >= 0.6 is 0 Å². The number of para-hydroxylation sites is 1. The van der Waals surface area contributed by atoms with E-state index in [0.717, 1.165) is 25.2 Å². The molecule has 5 nitrogen and oxygen atoms in total. The molecule has 1 aliphatic rings. The van der Waals surface area contributed by atoms with Gasteiger partial charge in [0.15, 0.2) is 5.82 Å². The fourth-order valence-electron chi connectivity index (χ4n) is 2.53. The maximum atomic E-state index is 7.36. The number of aryl methyl sites for hydroxylation is 1. The molecule has 1 aromatic heterocycles. The van der Waals surface area contributed by atoms with Crippen molar-refractivity contribution in [3.05, 3.63) is 47.9 Å². The number of benzene rings is 1. The lowest BCUT2D eigenvalue weighted by Crippen LogP contribution is -2.20. The molecule has 3 rings (SSSR count). The number of amidine groups is 1. The van der Waals surface area contributed by atoms with Crippen LogP contribution in [0.4, 0.5) is 11.5 Å². The van der Waals surface area contributed by atoms with Crippen LogP contribution in [0.5, 0.6) is 0 Å². The summed E-state index contributed by atoms with van der Waals surface area (Å²) < 4.78 is 0. The van der Waals surface area contributed by atoms with Crippen molar-refractivity contribution in [1.29, 1.82) is 5.41 Å². The molecule has 102 valence electrons. The van der Waals surface area contributed by atoms with E-state index in [1.165, 1.54) is 17.7 Å². The summed E-state index contributed by atoms with van der Waals surface area (Å²) in [6, 6.07) is 8.42. The first-order valence-corrected chi connectivity index (χ1v) is 6.77. The monoisotopic (exact) mass is 267 g/mol. The molecule has 3 N–H and O–H groups in total. The Bertz CT molecular complexity index is 620. The first-order valence-electron chi connectivity index (χ1n) is 6.77. The number of hydrogen-bond acceptors (Lipinski definition) is 4. The first-order chi connectivity index (χ1) is 9.75. The van der Waals surface area contributed by atoms with Crippen LogP contribution in [0.1, 0.15) is 24.1 Å². The highest BCUT2D eigenvalue weighted by molar-refractivity contribution is 5.92. The predicted octanol–water partition coefficient (Wildman–Crippen LogP) is 2.24. The molecule has 0 radical (unpaired) electrons. The van der Waals surface area contributed by atoms with Gasteiger partial charge >= 0.3 is 0 Å². The second-order valence-corrected chi connectivity index (χ2v) is 4.91. The average molecular weight is 267 g/mol. The van der Waals surface area contributed by atoms with Gasteiger partial charge in [-0.15, -0.1) is 0 Å². The minimum atomic E-state index is -0.0553. The van der Waals surface area contributed by atoms with Gasteiger partial charge in [0.05, 0.1) is 12.4 Å². The Morgan fingerprint density at radius 2 is 2.00 bits per heavy atom. The highest BCUT2D eigenvalue weighted by atomic mass is 15.2. The number of hydrogen-bond donors (Lipinski definition) is 2.